The highest BCUT2D eigenvalue weighted by Gasteiger charge is 2.21. The maximum atomic E-state index is 6.53. The Morgan fingerprint density at radius 2 is 0.884 bits per heavy atom. The molecular weight excluding hydrogens is 1010 g/mol. The van der Waals surface area contributed by atoms with E-state index < -0.39 is 0 Å². The zero-order valence-corrected chi connectivity index (χ0v) is 41.5. The average molecular weight is 1050 g/mol. The molecule has 7 heteroatoms. The lowest BCUT2D eigenvalue weighted by Crippen LogP contribution is -2.10. The maximum Gasteiger partial charge on any atom is 0.137 e. The molecule has 0 aliphatic rings. The molecule has 3 nitrogen and oxygen atoms in total. The molecule has 0 unspecified atom stereocenters. The fourth-order valence-corrected chi connectivity index (χ4v) is 13.5. The van der Waals surface area contributed by atoms with Crippen LogP contribution in [0.2, 0.25) is 0 Å². The average Bonchev–Trinajstić information content (AvgIpc) is 4.06. The molecule has 0 N–H and O–H groups in total. The summed E-state index contributed by atoms with van der Waals surface area (Å²) in [5.41, 5.74) is 10.6. The lowest BCUT2D eigenvalue weighted by molar-refractivity contribution is 0.668. The Bertz CT molecular complexity index is 4390. The molecule has 0 fully saturated rings. The Morgan fingerprint density at radius 1 is 0.319 bits per heavy atom. The van der Waals surface area contributed by atoms with Crippen LogP contribution in [-0.2, 0) is 0 Å². The van der Waals surface area contributed by atoms with Crippen molar-refractivity contribution in [3.8, 4) is 11.1 Å². The van der Waals surface area contributed by atoms with Crippen LogP contribution in [0.25, 0.3) is 95.0 Å². The monoisotopic (exact) mass is 1050 g/mol. The minimum atomic E-state index is 0.852. The van der Waals surface area contributed by atoms with Crippen molar-refractivity contribution in [2.75, 3.05) is 9.80 Å². The fraction of sp³-hybridized carbons (Fsp3) is 0. The summed E-state index contributed by atoms with van der Waals surface area (Å²) in [5.74, 6) is 0. The van der Waals surface area contributed by atoms with Crippen molar-refractivity contribution in [2.45, 2.75) is 0 Å². The van der Waals surface area contributed by atoms with Gasteiger partial charge in [0, 0.05) is 100.0 Å². The second-order valence-corrected chi connectivity index (χ2v) is 21.6. The summed E-state index contributed by atoms with van der Waals surface area (Å²) in [6.07, 6.45) is 0. The summed E-state index contributed by atoms with van der Waals surface area (Å²) < 4.78 is 13.7. The molecule has 3 heterocycles. The van der Waals surface area contributed by atoms with Gasteiger partial charge in [0.05, 0.1) is 5.69 Å². The molecule has 0 saturated heterocycles. The lowest BCUT2D eigenvalue weighted by atomic mass is 9.96. The number of benzene rings is 11. The van der Waals surface area contributed by atoms with Gasteiger partial charge in [0.2, 0.25) is 0 Å². The zero-order valence-electron chi connectivity index (χ0n) is 36.7. The Kier molecular flexibility index (Phi) is 9.56. The predicted molar refractivity (Wildman–Crippen MR) is 305 cm³/mol. The van der Waals surface area contributed by atoms with E-state index in [-0.39, 0.29) is 0 Å². The van der Waals surface area contributed by atoms with Crippen LogP contribution in [0.3, 0.4) is 0 Å². The highest BCUT2D eigenvalue weighted by atomic mass is 79.9. The van der Waals surface area contributed by atoms with Gasteiger partial charge >= 0.3 is 0 Å². The van der Waals surface area contributed by atoms with Gasteiger partial charge in [-0.25, -0.2) is 0 Å². The SMILES string of the molecule is Brc1ccc2c(c1)oc1cc(N(c3ccc4c(-c5cccc(N(c6ccc7c(c6)sc6cc(Br)ccc67)c6cccc7ccccc67)c5)cccc4c3)c3ccc4sc5ccccc5c4c3)ccc12. The number of fused-ring (bicyclic) bond motifs is 11. The van der Waals surface area contributed by atoms with Crippen LogP contribution >= 0.6 is 54.5 Å². The van der Waals surface area contributed by atoms with Crippen molar-refractivity contribution >= 4 is 172 Å². The summed E-state index contributed by atoms with van der Waals surface area (Å²) >= 11 is 11.0. The van der Waals surface area contributed by atoms with Crippen LogP contribution in [-0.4, -0.2) is 0 Å². The number of hydrogen-bond acceptors (Lipinski definition) is 5. The molecule has 14 rings (SSSR count). The normalized spacial score (nSPS) is 11.9. The first-order valence-electron chi connectivity index (χ1n) is 22.8. The van der Waals surface area contributed by atoms with E-state index in [9.17, 15) is 0 Å². The van der Waals surface area contributed by atoms with E-state index in [1.165, 1.54) is 62.1 Å². The quantitative estimate of drug-likeness (QED) is 0.159. The van der Waals surface area contributed by atoms with E-state index in [0.29, 0.717) is 0 Å². The molecule has 0 radical (unpaired) electrons. The summed E-state index contributed by atoms with van der Waals surface area (Å²) in [4.78, 5) is 4.80. The van der Waals surface area contributed by atoms with Crippen LogP contribution in [0.1, 0.15) is 0 Å². The summed E-state index contributed by atoms with van der Waals surface area (Å²) in [7, 11) is 0. The molecule has 0 atom stereocenters. The van der Waals surface area contributed by atoms with Gasteiger partial charge < -0.3 is 14.2 Å². The summed E-state index contributed by atoms with van der Waals surface area (Å²) in [6, 6.07) is 79.9. The van der Waals surface area contributed by atoms with Gasteiger partial charge in [-0.1, -0.05) is 135 Å². The lowest BCUT2D eigenvalue weighted by Gasteiger charge is -2.27. The number of hydrogen-bond donors (Lipinski definition) is 0. The van der Waals surface area contributed by atoms with Crippen molar-refractivity contribution in [1.82, 2.24) is 0 Å². The van der Waals surface area contributed by atoms with Gasteiger partial charge in [-0.2, -0.15) is 0 Å². The maximum absolute atomic E-state index is 6.53. The van der Waals surface area contributed by atoms with Crippen molar-refractivity contribution in [2.24, 2.45) is 0 Å². The highest BCUT2D eigenvalue weighted by molar-refractivity contribution is 9.10. The molecule has 69 heavy (non-hydrogen) atoms. The Hall–Kier alpha value is -7.26. The van der Waals surface area contributed by atoms with E-state index in [0.717, 1.165) is 76.0 Å². The standard InChI is InChI=1S/C62H36Br2N2OS2/c63-40-18-24-50-51-27-21-45(35-58(51)67-57(50)32-40)65(44-23-29-60-55(34-44)52-14-3-4-17-59(52)68-60)43-20-26-48-39(31-43)11-6-15-47(48)38-10-5-12-42(30-38)66(56-16-7-9-37-8-1-2-13-49(37)56)46-22-28-54-53-25-19-41(64)33-61(53)69-62(54)36-46/h1-36H. The van der Waals surface area contributed by atoms with E-state index in [4.69, 9.17) is 4.42 Å². The molecule has 3 aromatic heterocycles. The molecule has 0 saturated carbocycles. The number of halogens is 2. The Balaban J connectivity index is 0.911. The van der Waals surface area contributed by atoms with Crippen molar-refractivity contribution in [1.29, 1.82) is 0 Å². The first kappa shape index (κ1) is 40.8. The minimum Gasteiger partial charge on any atom is -0.456 e. The molecular formula is C62H36Br2N2OS2. The van der Waals surface area contributed by atoms with E-state index in [1.807, 2.05) is 28.7 Å². The highest BCUT2D eigenvalue weighted by Crippen LogP contribution is 2.47. The summed E-state index contributed by atoms with van der Waals surface area (Å²) in [6.45, 7) is 0. The van der Waals surface area contributed by atoms with Gasteiger partial charge in [-0.3, -0.25) is 0 Å². The molecule has 0 amide bonds. The number of nitrogens with zero attached hydrogens (tertiary/aromatic N) is 2. The molecule has 0 spiro atoms. The van der Waals surface area contributed by atoms with E-state index in [1.54, 1.807) is 0 Å². The number of anilines is 6. The third-order valence-corrected chi connectivity index (χ3v) is 16.8. The van der Waals surface area contributed by atoms with Crippen LogP contribution in [0.4, 0.5) is 34.1 Å². The molecule has 0 aliphatic carbocycles. The smallest absolute Gasteiger partial charge is 0.137 e. The van der Waals surface area contributed by atoms with Crippen LogP contribution in [0.5, 0.6) is 0 Å². The third-order valence-electron chi connectivity index (χ3n) is 13.5. The van der Waals surface area contributed by atoms with E-state index in [2.05, 4.69) is 254 Å². The first-order valence-corrected chi connectivity index (χ1v) is 26.1. The first-order chi connectivity index (χ1) is 34.0. The van der Waals surface area contributed by atoms with Crippen molar-refractivity contribution in [3.05, 3.63) is 227 Å². The number of furan rings is 1. The van der Waals surface area contributed by atoms with Crippen molar-refractivity contribution in [3.63, 3.8) is 0 Å². The topological polar surface area (TPSA) is 19.6 Å². The fourth-order valence-electron chi connectivity index (χ4n) is 10.4. The third kappa shape index (κ3) is 6.86. The predicted octanol–water partition coefficient (Wildman–Crippen LogP) is 20.8. The van der Waals surface area contributed by atoms with Gasteiger partial charge in [0.25, 0.3) is 0 Å². The Labute approximate surface area is 422 Å². The van der Waals surface area contributed by atoms with Crippen LogP contribution in [0, 0.1) is 0 Å². The zero-order chi connectivity index (χ0) is 45.7. The molecule has 11 aromatic carbocycles. The Morgan fingerprint density at radius 3 is 1.77 bits per heavy atom. The van der Waals surface area contributed by atoms with Crippen LogP contribution < -0.4 is 9.80 Å². The summed E-state index contributed by atoms with van der Waals surface area (Å²) in [5, 5.41) is 12.0. The van der Waals surface area contributed by atoms with Crippen LogP contribution in [0.15, 0.2) is 232 Å². The minimum absolute atomic E-state index is 0.852. The van der Waals surface area contributed by atoms with Gasteiger partial charge in [-0.05, 0) is 136 Å². The number of thiophene rings is 2. The number of rotatable bonds is 7. The van der Waals surface area contributed by atoms with Gasteiger partial charge in [0.1, 0.15) is 11.2 Å². The largest absolute Gasteiger partial charge is 0.456 e. The van der Waals surface area contributed by atoms with Crippen molar-refractivity contribution < 1.29 is 4.42 Å². The molecule has 326 valence electrons. The van der Waals surface area contributed by atoms with E-state index >= 15 is 0 Å². The van der Waals surface area contributed by atoms with Gasteiger partial charge in [-0.15, -0.1) is 22.7 Å². The molecule has 0 bridgehead atoms. The molecule has 0 aliphatic heterocycles. The second kappa shape index (κ2) is 16.2. The molecule has 14 aromatic rings. The second-order valence-electron chi connectivity index (χ2n) is 17.6. The van der Waals surface area contributed by atoms with Gasteiger partial charge in [0.15, 0.2) is 0 Å².